The van der Waals surface area contributed by atoms with Crippen LogP contribution < -0.4 is 0 Å². The lowest BCUT2D eigenvalue weighted by molar-refractivity contribution is -0.153. The van der Waals surface area contributed by atoms with E-state index in [-0.39, 0.29) is 18.9 Å². The van der Waals surface area contributed by atoms with Crippen molar-refractivity contribution in [3.63, 3.8) is 0 Å². The van der Waals surface area contributed by atoms with Gasteiger partial charge in [0.2, 0.25) is 0 Å². The smallest absolute Gasteiger partial charge is 0.315 e. The Bertz CT molecular complexity index is 543. The second kappa shape index (κ2) is 7.78. The first kappa shape index (κ1) is 18.0. The summed E-state index contributed by atoms with van der Waals surface area (Å²) in [6.07, 6.45) is 1.87. The van der Waals surface area contributed by atoms with Crippen LogP contribution in [0.5, 0.6) is 0 Å². The first-order valence-corrected chi connectivity index (χ1v) is 7.38. The highest BCUT2D eigenvalue weighted by molar-refractivity contribution is 5.79. The minimum atomic E-state index is -0.976. The van der Waals surface area contributed by atoms with Crippen LogP contribution >= 0.6 is 0 Å². The van der Waals surface area contributed by atoms with Gasteiger partial charge in [0.1, 0.15) is 6.61 Å². The predicted octanol–water partition coefficient (Wildman–Crippen LogP) is 3.78. The van der Waals surface area contributed by atoms with Crippen LogP contribution in [-0.2, 0) is 14.3 Å². The van der Waals surface area contributed by atoms with Crippen molar-refractivity contribution in [2.75, 3.05) is 6.61 Å². The first-order valence-electron chi connectivity index (χ1n) is 7.38. The zero-order valence-electron chi connectivity index (χ0n) is 13.6. The van der Waals surface area contributed by atoms with Gasteiger partial charge in [-0.25, -0.2) is 0 Å². The second-order valence-corrected chi connectivity index (χ2v) is 5.95. The average Bonchev–Trinajstić information content (AvgIpc) is 2.47. The lowest BCUT2D eigenvalue weighted by Crippen LogP contribution is -2.28. The molecule has 4 heteroatoms. The van der Waals surface area contributed by atoms with Crippen LogP contribution in [0.1, 0.15) is 45.6 Å². The quantitative estimate of drug-likeness (QED) is 0.615. The number of carboxylic acid groups (broad SMARTS) is 1. The Hall–Kier alpha value is -2.10. The molecule has 1 unspecified atom stereocenters. The highest BCUT2D eigenvalue weighted by Gasteiger charge is 2.31. The molecule has 1 aromatic rings. The molecule has 0 bridgehead atoms. The molecule has 0 spiro atoms. The van der Waals surface area contributed by atoms with Crippen molar-refractivity contribution in [3.05, 3.63) is 47.5 Å². The van der Waals surface area contributed by atoms with Gasteiger partial charge in [-0.15, -0.1) is 0 Å². The lowest BCUT2D eigenvalue weighted by atomic mass is 9.82. The maximum Gasteiger partial charge on any atom is 0.315 e. The molecule has 0 saturated heterocycles. The summed E-state index contributed by atoms with van der Waals surface area (Å²) in [5.74, 6) is -1.19. The first-order chi connectivity index (χ1) is 10.2. The van der Waals surface area contributed by atoms with Crippen LogP contribution in [0.4, 0.5) is 0 Å². The van der Waals surface area contributed by atoms with Crippen molar-refractivity contribution in [2.45, 2.75) is 40.0 Å². The third-order valence-corrected chi connectivity index (χ3v) is 3.87. The van der Waals surface area contributed by atoms with Gasteiger partial charge >= 0.3 is 11.9 Å². The summed E-state index contributed by atoms with van der Waals surface area (Å²) in [5.41, 5.74) is 1.31. The van der Waals surface area contributed by atoms with Crippen molar-refractivity contribution in [3.8, 4) is 0 Å². The van der Waals surface area contributed by atoms with Crippen molar-refractivity contribution < 1.29 is 19.4 Å². The van der Waals surface area contributed by atoms with E-state index in [1.165, 1.54) is 5.56 Å². The van der Waals surface area contributed by atoms with E-state index in [0.717, 1.165) is 5.57 Å². The fourth-order valence-corrected chi connectivity index (χ4v) is 2.01. The Morgan fingerprint density at radius 2 is 1.86 bits per heavy atom. The molecule has 0 amide bonds. The Morgan fingerprint density at radius 3 is 2.41 bits per heavy atom. The van der Waals surface area contributed by atoms with E-state index >= 15 is 0 Å². The van der Waals surface area contributed by atoms with Gasteiger partial charge in [-0.3, -0.25) is 9.59 Å². The van der Waals surface area contributed by atoms with Gasteiger partial charge in [0, 0.05) is 0 Å². The van der Waals surface area contributed by atoms with Crippen LogP contribution in [0, 0.1) is 5.41 Å². The van der Waals surface area contributed by atoms with Gasteiger partial charge < -0.3 is 9.84 Å². The van der Waals surface area contributed by atoms with Crippen LogP contribution in [0.2, 0.25) is 0 Å². The predicted molar refractivity (Wildman–Crippen MR) is 85.6 cm³/mol. The third kappa shape index (κ3) is 5.02. The molecule has 0 aliphatic carbocycles. The summed E-state index contributed by atoms with van der Waals surface area (Å²) < 4.78 is 5.07. The van der Waals surface area contributed by atoms with Gasteiger partial charge in [-0.1, -0.05) is 48.9 Å². The Kier molecular flexibility index (Phi) is 6.35. The summed E-state index contributed by atoms with van der Waals surface area (Å²) in [4.78, 5) is 22.6. The van der Waals surface area contributed by atoms with Crippen LogP contribution in [0.3, 0.4) is 0 Å². The number of ether oxygens (including phenoxy) is 1. The van der Waals surface area contributed by atoms with Gasteiger partial charge in [-0.2, -0.15) is 0 Å². The number of benzene rings is 1. The molecule has 0 fully saturated rings. The van der Waals surface area contributed by atoms with E-state index in [1.54, 1.807) is 13.8 Å². The summed E-state index contributed by atoms with van der Waals surface area (Å²) in [6, 6.07) is 10.0. The maximum atomic E-state index is 12.1. The van der Waals surface area contributed by atoms with Gasteiger partial charge in [0.05, 0.1) is 11.8 Å². The molecule has 0 aliphatic heterocycles. The van der Waals surface area contributed by atoms with Crippen LogP contribution in [0.15, 0.2) is 42.0 Å². The van der Waals surface area contributed by atoms with E-state index in [0.29, 0.717) is 0 Å². The molecule has 1 N–H and O–H groups in total. The molecule has 1 atom stereocenters. The summed E-state index contributed by atoms with van der Waals surface area (Å²) in [7, 11) is 0. The highest BCUT2D eigenvalue weighted by Crippen LogP contribution is 2.30. The van der Waals surface area contributed by atoms with Gasteiger partial charge in [0.25, 0.3) is 0 Å². The molecule has 0 aliphatic rings. The topological polar surface area (TPSA) is 63.6 Å². The number of allylic oxidation sites excluding steroid dienone is 1. The summed E-state index contributed by atoms with van der Waals surface area (Å²) in [6.45, 7) is 7.46. The largest absolute Gasteiger partial charge is 0.481 e. The minimum Gasteiger partial charge on any atom is -0.481 e. The summed E-state index contributed by atoms with van der Waals surface area (Å²) in [5, 5.41) is 8.58. The maximum absolute atomic E-state index is 12.1. The molecule has 0 aromatic heterocycles. The zero-order chi connectivity index (χ0) is 16.8. The van der Waals surface area contributed by atoms with E-state index in [1.807, 2.05) is 43.3 Å². The molecule has 0 radical (unpaired) electrons. The molecule has 120 valence electrons. The van der Waals surface area contributed by atoms with Gasteiger partial charge in [-0.05, 0) is 32.3 Å². The number of carbonyl (C=O) groups excluding carboxylic acids is 1. The number of hydrogen-bond donors (Lipinski definition) is 1. The molecule has 4 nitrogen and oxygen atoms in total. The Morgan fingerprint density at radius 1 is 1.27 bits per heavy atom. The zero-order valence-corrected chi connectivity index (χ0v) is 13.6. The fraction of sp³-hybridized carbons (Fsp3) is 0.444. The monoisotopic (exact) mass is 304 g/mol. The average molecular weight is 304 g/mol. The molecular weight excluding hydrogens is 280 g/mol. The molecule has 22 heavy (non-hydrogen) atoms. The van der Waals surface area contributed by atoms with Crippen molar-refractivity contribution >= 4 is 11.9 Å². The van der Waals surface area contributed by atoms with Crippen LogP contribution in [-0.4, -0.2) is 23.7 Å². The number of carboxylic acids is 1. The normalized spacial score (nSPS) is 13.5. The summed E-state index contributed by atoms with van der Waals surface area (Å²) >= 11 is 0. The molecular formula is C18H24O4. The van der Waals surface area contributed by atoms with Crippen molar-refractivity contribution in [2.24, 2.45) is 5.41 Å². The number of carbonyl (C=O) groups is 2. The van der Waals surface area contributed by atoms with E-state index in [4.69, 9.17) is 9.84 Å². The molecule has 1 rings (SSSR count). The number of esters is 1. The number of rotatable bonds is 7. The van der Waals surface area contributed by atoms with Crippen molar-refractivity contribution in [1.82, 2.24) is 0 Å². The molecule has 0 saturated carbocycles. The number of hydrogen-bond acceptors (Lipinski definition) is 3. The second-order valence-electron chi connectivity index (χ2n) is 5.95. The van der Waals surface area contributed by atoms with E-state index in [2.05, 4.69) is 6.92 Å². The highest BCUT2D eigenvalue weighted by atomic mass is 16.5. The van der Waals surface area contributed by atoms with E-state index in [9.17, 15) is 9.59 Å². The van der Waals surface area contributed by atoms with Gasteiger partial charge in [0.15, 0.2) is 0 Å². The standard InChI is InChI=1S/C18H24O4/c1-13(15-8-6-5-7-9-15)12-14(2)18(3,4)17(21)22-11-10-16(19)20/h5-9,12-13H,10-11H2,1-4H3,(H,19,20). The Balaban J connectivity index is 2.75. The SMILES string of the molecule is CC(=CC(C)c1ccccc1)C(C)(C)C(=O)OCCC(=O)O. The van der Waals surface area contributed by atoms with E-state index < -0.39 is 17.4 Å². The third-order valence-electron chi connectivity index (χ3n) is 3.87. The molecule has 0 heterocycles. The fourth-order valence-electron chi connectivity index (χ4n) is 2.01. The molecule has 1 aromatic carbocycles. The van der Waals surface area contributed by atoms with Crippen LogP contribution in [0.25, 0.3) is 0 Å². The lowest BCUT2D eigenvalue weighted by Gasteiger charge is -2.24. The number of aliphatic carboxylic acids is 1. The van der Waals surface area contributed by atoms with Crippen molar-refractivity contribution in [1.29, 1.82) is 0 Å². The Labute approximate surface area is 131 Å². The minimum absolute atomic E-state index is 0.0981.